The fourth-order valence-corrected chi connectivity index (χ4v) is 4.09. The normalized spacial score (nSPS) is 24.0. The summed E-state index contributed by atoms with van der Waals surface area (Å²) in [4.78, 5) is 38.2. The Morgan fingerprint density at radius 3 is 1.71 bits per heavy atom. The van der Waals surface area contributed by atoms with Gasteiger partial charge in [-0.2, -0.15) is 0 Å². The van der Waals surface area contributed by atoms with Gasteiger partial charge in [0.15, 0.2) is 12.2 Å². The zero-order valence-electron chi connectivity index (χ0n) is 25.0. The minimum Gasteiger partial charge on any atom is -0.458 e. The van der Waals surface area contributed by atoms with Gasteiger partial charge >= 0.3 is 5.97 Å². The van der Waals surface area contributed by atoms with Crippen molar-refractivity contribution in [1.82, 2.24) is 10.6 Å². The Bertz CT molecular complexity index is 911. The third-order valence-corrected chi connectivity index (χ3v) is 6.60. The Balaban J connectivity index is 2.81. The lowest BCUT2D eigenvalue weighted by molar-refractivity contribution is -0.176. The topological polar surface area (TPSA) is 224 Å². The molecular formula is C28H48N2O12. The number of aliphatic hydroxyl groups excluding tert-OH is 6. The fourth-order valence-electron chi connectivity index (χ4n) is 4.09. The molecule has 0 radical (unpaired) electrons. The predicted octanol–water partition coefficient (Wildman–Crippen LogP) is -2.09. The van der Waals surface area contributed by atoms with Gasteiger partial charge in [0.2, 0.25) is 5.91 Å². The van der Waals surface area contributed by atoms with Gasteiger partial charge in [-0.1, -0.05) is 52.0 Å². The zero-order valence-corrected chi connectivity index (χ0v) is 25.0. The molecule has 1 aliphatic heterocycles. The number of carbonyl (C=O) groups is 3. The average Bonchev–Trinajstić information content (AvgIpc) is 3.10. The molecule has 2 amide bonds. The molecule has 42 heavy (non-hydrogen) atoms. The van der Waals surface area contributed by atoms with E-state index in [1.54, 1.807) is 12.2 Å². The molecule has 8 N–H and O–H groups in total. The number of nitrogens with one attached hydrogen (secondary N) is 2. The van der Waals surface area contributed by atoms with Crippen LogP contribution in [0.4, 0.5) is 0 Å². The van der Waals surface area contributed by atoms with E-state index in [4.69, 9.17) is 14.2 Å². The summed E-state index contributed by atoms with van der Waals surface area (Å²) >= 11 is 0. The van der Waals surface area contributed by atoms with Gasteiger partial charge in [-0.05, 0) is 24.7 Å². The second kappa shape index (κ2) is 18.3. The van der Waals surface area contributed by atoms with Crippen LogP contribution in [0.5, 0.6) is 0 Å². The summed E-state index contributed by atoms with van der Waals surface area (Å²) < 4.78 is 15.4. The number of carbonyl (C=O) groups excluding carboxylic acids is 3. The highest BCUT2D eigenvalue weighted by Crippen LogP contribution is 2.17. The highest BCUT2D eigenvalue weighted by molar-refractivity contribution is 5.90. The summed E-state index contributed by atoms with van der Waals surface area (Å²) in [5, 5.41) is 66.7. The molecular weight excluding hydrogens is 556 g/mol. The Hall–Kier alpha value is -2.43. The first-order valence-electron chi connectivity index (χ1n) is 13.9. The first kappa shape index (κ1) is 37.6. The number of hydrogen-bond donors (Lipinski definition) is 8. The van der Waals surface area contributed by atoms with Crippen LogP contribution in [0.1, 0.15) is 40.5 Å². The maximum atomic E-state index is 12.8. The van der Waals surface area contributed by atoms with Crippen LogP contribution in [0.3, 0.4) is 0 Å². The molecule has 0 spiro atoms. The lowest BCUT2D eigenvalue weighted by Gasteiger charge is -2.28. The van der Waals surface area contributed by atoms with Gasteiger partial charge in [-0.3, -0.25) is 9.59 Å². The van der Waals surface area contributed by atoms with Crippen LogP contribution >= 0.6 is 0 Å². The van der Waals surface area contributed by atoms with Crippen LogP contribution in [0, 0.1) is 11.8 Å². The van der Waals surface area contributed by atoms with Gasteiger partial charge in [-0.25, -0.2) is 4.79 Å². The molecule has 1 saturated heterocycles. The molecule has 242 valence electrons. The van der Waals surface area contributed by atoms with Gasteiger partial charge < -0.3 is 55.5 Å². The number of hydrogen-bond acceptors (Lipinski definition) is 12. The molecule has 14 heteroatoms. The molecule has 1 fully saturated rings. The van der Waals surface area contributed by atoms with Crippen molar-refractivity contribution >= 4 is 17.8 Å². The Labute approximate surface area is 246 Å². The van der Waals surface area contributed by atoms with Crippen LogP contribution in [-0.2, 0) is 28.6 Å². The van der Waals surface area contributed by atoms with Crippen molar-refractivity contribution in [1.29, 1.82) is 0 Å². The Kier molecular flexibility index (Phi) is 16.4. The van der Waals surface area contributed by atoms with E-state index >= 15 is 0 Å². The van der Waals surface area contributed by atoms with Crippen molar-refractivity contribution in [3.05, 3.63) is 24.3 Å². The zero-order chi connectivity index (χ0) is 32.1. The van der Waals surface area contributed by atoms with E-state index in [9.17, 15) is 45.0 Å². The summed E-state index contributed by atoms with van der Waals surface area (Å²) in [7, 11) is 2.24. The summed E-state index contributed by atoms with van der Waals surface area (Å²) in [6, 6.07) is -1.11. The van der Waals surface area contributed by atoms with Gasteiger partial charge in [-0.15, -0.1) is 0 Å². The van der Waals surface area contributed by atoms with Gasteiger partial charge in [0.1, 0.15) is 48.8 Å². The molecule has 10 atom stereocenters. The first-order chi connectivity index (χ1) is 19.6. The SMILES string of the molecule is CO[C@H](C(=O)O[C@H]1CC[C@H](NC(=O)[C@H](OC)[C@H](O)[C@@H](O)[C@H](O)/C=C/C(C)C)C(=O)NC1)[C@@H](O)[C@H](O)[C@@H](O)/C=C/C(C)C. The van der Waals surface area contributed by atoms with Crippen molar-refractivity contribution in [3.63, 3.8) is 0 Å². The molecule has 0 aliphatic carbocycles. The minimum atomic E-state index is -1.83. The van der Waals surface area contributed by atoms with Crippen LogP contribution in [0.15, 0.2) is 24.3 Å². The summed E-state index contributed by atoms with van der Waals surface area (Å²) in [5.41, 5.74) is 0. The molecule has 1 aliphatic rings. The Morgan fingerprint density at radius 2 is 1.26 bits per heavy atom. The van der Waals surface area contributed by atoms with E-state index in [1.165, 1.54) is 12.2 Å². The third kappa shape index (κ3) is 11.7. The number of methoxy groups -OCH3 is 2. The second-order valence-corrected chi connectivity index (χ2v) is 11.0. The Morgan fingerprint density at radius 1 is 0.786 bits per heavy atom. The number of allylic oxidation sites excluding steroid dienone is 2. The molecule has 14 nitrogen and oxygen atoms in total. The predicted molar refractivity (Wildman–Crippen MR) is 150 cm³/mol. The summed E-state index contributed by atoms with van der Waals surface area (Å²) in [6.07, 6.45) is -8.31. The van der Waals surface area contributed by atoms with Gasteiger partial charge in [0.25, 0.3) is 5.91 Å². The molecule has 0 bridgehead atoms. The second-order valence-electron chi connectivity index (χ2n) is 11.0. The van der Waals surface area contributed by atoms with E-state index in [0.717, 1.165) is 14.2 Å². The highest BCUT2D eigenvalue weighted by atomic mass is 16.6. The molecule has 0 saturated carbocycles. The molecule has 1 rings (SSSR count). The molecule has 0 unspecified atom stereocenters. The van der Waals surface area contributed by atoms with E-state index < -0.39 is 78.8 Å². The van der Waals surface area contributed by atoms with Crippen molar-refractivity contribution in [2.45, 2.75) is 102 Å². The fraction of sp³-hybridized carbons (Fsp3) is 0.750. The monoisotopic (exact) mass is 604 g/mol. The van der Waals surface area contributed by atoms with Crippen molar-refractivity contribution in [2.75, 3.05) is 20.8 Å². The van der Waals surface area contributed by atoms with E-state index in [1.807, 2.05) is 27.7 Å². The maximum Gasteiger partial charge on any atom is 0.338 e. The lowest BCUT2D eigenvalue weighted by Crippen LogP contribution is -2.55. The maximum absolute atomic E-state index is 12.8. The summed E-state index contributed by atoms with van der Waals surface area (Å²) in [6.45, 7) is 7.28. The van der Waals surface area contributed by atoms with Gasteiger partial charge in [0.05, 0.1) is 6.54 Å². The average molecular weight is 605 g/mol. The van der Waals surface area contributed by atoms with Crippen LogP contribution in [-0.4, -0.2) is 130 Å². The van der Waals surface area contributed by atoms with Gasteiger partial charge in [0, 0.05) is 14.2 Å². The molecule has 1 heterocycles. The highest BCUT2D eigenvalue weighted by Gasteiger charge is 2.39. The van der Waals surface area contributed by atoms with Crippen molar-refractivity contribution in [3.8, 4) is 0 Å². The number of amides is 2. The van der Waals surface area contributed by atoms with Crippen LogP contribution in [0.25, 0.3) is 0 Å². The molecule has 0 aromatic carbocycles. The first-order valence-corrected chi connectivity index (χ1v) is 13.9. The minimum absolute atomic E-state index is 0.00585. The van der Waals surface area contributed by atoms with Crippen LogP contribution in [0.2, 0.25) is 0 Å². The van der Waals surface area contributed by atoms with Crippen molar-refractivity contribution in [2.24, 2.45) is 11.8 Å². The molecule has 0 aromatic rings. The standard InChI is InChI=1S/C28H48N2O12/c1-14(2)7-11-18(31)20(33)22(35)24(40-5)27(38)30-17-10-9-16(13-29-26(17)37)42-28(39)25(41-6)23(36)21(34)19(32)12-8-15(3)4/h7-8,11-12,14-25,31-36H,9-10,13H2,1-6H3,(H,29,37)(H,30,38)/b11-7+,12-8+/t16-,17-,18+,19-,20-,21+,22+,23-,24+,25-/m0/s1. The smallest absolute Gasteiger partial charge is 0.338 e. The van der Waals surface area contributed by atoms with Crippen LogP contribution < -0.4 is 10.6 Å². The number of rotatable bonds is 16. The summed E-state index contributed by atoms with van der Waals surface area (Å²) in [5.74, 6) is -2.41. The van der Waals surface area contributed by atoms with Crippen molar-refractivity contribution < 1.29 is 59.2 Å². The lowest BCUT2D eigenvalue weighted by atomic mass is 10.00. The number of esters is 1. The largest absolute Gasteiger partial charge is 0.458 e. The molecule has 0 aromatic heterocycles. The number of ether oxygens (including phenoxy) is 3. The van der Waals surface area contributed by atoms with E-state index in [-0.39, 0.29) is 31.2 Å². The number of aliphatic hydroxyl groups is 6. The quantitative estimate of drug-likeness (QED) is 0.0702. The van der Waals surface area contributed by atoms with E-state index in [2.05, 4.69) is 10.6 Å². The third-order valence-electron chi connectivity index (χ3n) is 6.60. The van der Waals surface area contributed by atoms with E-state index in [0.29, 0.717) is 0 Å².